The Morgan fingerprint density at radius 2 is 1.94 bits per heavy atom. The summed E-state index contributed by atoms with van der Waals surface area (Å²) in [5.41, 5.74) is 1.36. The Morgan fingerprint density at radius 3 is 2.65 bits per heavy atom. The van der Waals surface area contributed by atoms with Gasteiger partial charge in [-0.3, -0.25) is 14.9 Å². The summed E-state index contributed by atoms with van der Waals surface area (Å²) in [6.45, 7) is 1.08. The molecule has 158 valence electrons. The van der Waals surface area contributed by atoms with Crippen molar-refractivity contribution in [3.05, 3.63) is 82.0 Å². The van der Waals surface area contributed by atoms with Gasteiger partial charge in [0.25, 0.3) is 5.69 Å². The fourth-order valence-corrected chi connectivity index (χ4v) is 3.48. The maximum Gasteiger partial charge on any atom is 0.269 e. The molecule has 0 aliphatic carbocycles. The first-order valence-electron chi connectivity index (χ1n) is 9.80. The highest BCUT2D eigenvalue weighted by Crippen LogP contribution is 2.28. The molecular weight excluding hydrogens is 403 g/mol. The van der Waals surface area contributed by atoms with E-state index in [-0.39, 0.29) is 23.3 Å². The van der Waals surface area contributed by atoms with Crippen molar-refractivity contribution in [2.75, 3.05) is 13.1 Å². The fraction of sp³-hybridized carbons (Fsp3) is 0.227. The van der Waals surface area contributed by atoms with Crippen LogP contribution in [0, 0.1) is 15.9 Å². The number of nitrogens with zero attached hydrogens (tertiary/aromatic N) is 4. The topological polar surface area (TPSA) is 102 Å². The van der Waals surface area contributed by atoms with Gasteiger partial charge in [-0.1, -0.05) is 5.16 Å². The summed E-state index contributed by atoms with van der Waals surface area (Å²) in [7, 11) is 0. The molecule has 0 radical (unpaired) electrons. The number of carbonyl (C=O) groups excluding carboxylic acids is 1. The van der Waals surface area contributed by atoms with E-state index in [0.29, 0.717) is 35.9 Å². The zero-order chi connectivity index (χ0) is 21.8. The number of hydrogen-bond acceptors (Lipinski definition) is 6. The summed E-state index contributed by atoms with van der Waals surface area (Å²) in [4.78, 5) is 29.0. The number of aromatic nitrogens is 2. The third-order valence-electron chi connectivity index (χ3n) is 5.15. The van der Waals surface area contributed by atoms with Crippen LogP contribution < -0.4 is 0 Å². The monoisotopic (exact) mass is 422 g/mol. The van der Waals surface area contributed by atoms with Gasteiger partial charge in [0.15, 0.2) is 0 Å². The van der Waals surface area contributed by atoms with Crippen LogP contribution in [-0.4, -0.2) is 39.0 Å². The Labute approximate surface area is 177 Å². The van der Waals surface area contributed by atoms with E-state index in [9.17, 15) is 19.3 Å². The van der Waals surface area contributed by atoms with Gasteiger partial charge in [0.05, 0.1) is 10.8 Å². The number of non-ortho nitro benzene ring substituents is 1. The maximum atomic E-state index is 13.1. The number of likely N-dealkylation sites (tertiary alicyclic amines) is 1. The number of piperidine rings is 1. The number of benzene rings is 2. The van der Waals surface area contributed by atoms with Crippen LogP contribution >= 0.6 is 0 Å². The van der Waals surface area contributed by atoms with Gasteiger partial charge in [-0.05, 0) is 60.9 Å². The molecule has 2 aromatic carbocycles. The third kappa shape index (κ3) is 4.82. The zero-order valence-electron chi connectivity index (χ0n) is 16.5. The molecule has 0 spiro atoms. The summed E-state index contributed by atoms with van der Waals surface area (Å²) >= 11 is 0. The smallest absolute Gasteiger partial charge is 0.269 e. The number of rotatable bonds is 5. The molecule has 9 heteroatoms. The van der Waals surface area contributed by atoms with Crippen LogP contribution in [0.5, 0.6) is 0 Å². The summed E-state index contributed by atoms with van der Waals surface area (Å²) in [5.74, 6) is 0.275. The molecule has 1 unspecified atom stereocenters. The molecule has 0 bridgehead atoms. The first-order chi connectivity index (χ1) is 15.0. The highest BCUT2D eigenvalue weighted by atomic mass is 19.1. The lowest BCUT2D eigenvalue weighted by molar-refractivity contribution is -0.384. The third-order valence-corrected chi connectivity index (χ3v) is 5.15. The van der Waals surface area contributed by atoms with Crippen molar-refractivity contribution < 1.29 is 18.6 Å². The van der Waals surface area contributed by atoms with Crippen LogP contribution in [0.25, 0.3) is 17.5 Å². The summed E-state index contributed by atoms with van der Waals surface area (Å²) in [6, 6.07) is 11.8. The maximum absolute atomic E-state index is 13.1. The van der Waals surface area contributed by atoms with E-state index in [4.69, 9.17) is 4.52 Å². The van der Waals surface area contributed by atoms with Crippen LogP contribution in [0.1, 0.15) is 30.2 Å². The normalized spacial score (nSPS) is 16.5. The van der Waals surface area contributed by atoms with Gasteiger partial charge in [-0.2, -0.15) is 4.98 Å². The SMILES string of the molecule is O=C(C=Cc1ccc([N+](=O)[O-])cc1)N1CCCC(c2nc(-c3ccc(F)cc3)no2)C1. The van der Waals surface area contributed by atoms with Gasteiger partial charge in [0.2, 0.25) is 17.6 Å². The minimum Gasteiger partial charge on any atom is -0.339 e. The van der Waals surface area contributed by atoms with E-state index in [1.807, 2.05) is 0 Å². The van der Waals surface area contributed by atoms with Crippen molar-refractivity contribution in [2.24, 2.45) is 0 Å². The highest BCUT2D eigenvalue weighted by Gasteiger charge is 2.28. The Morgan fingerprint density at radius 1 is 1.19 bits per heavy atom. The highest BCUT2D eigenvalue weighted by molar-refractivity contribution is 5.91. The van der Waals surface area contributed by atoms with Gasteiger partial charge in [-0.15, -0.1) is 0 Å². The van der Waals surface area contributed by atoms with Crippen molar-refractivity contribution >= 4 is 17.7 Å². The van der Waals surface area contributed by atoms with Crippen LogP contribution in [0.2, 0.25) is 0 Å². The van der Waals surface area contributed by atoms with Crippen molar-refractivity contribution in [2.45, 2.75) is 18.8 Å². The molecule has 1 saturated heterocycles. The molecule has 8 nitrogen and oxygen atoms in total. The average Bonchev–Trinajstić information content (AvgIpc) is 3.28. The molecule has 1 aromatic heterocycles. The minimum atomic E-state index is -0.467. The molecule has 2 heterocycles. The van der Waals surface area contributed by atoms with Gasteiger partial charge in [0.1, 0.15) is 5.82 Å². The van der Waals surface area contributed by atoms with E-state index in [2.05, 4.69) is 10.1 Å². The number of amides is 1. The standard InChI is InChI=1S/C22H19FN4O4/c23-18-8-6-16(7-9-18)21-24-22(31-25-21)17-2-1-13-26(14-17)20(28)12-5-15-3-10-19(11-4-15)27(29)30/h3-12,17H,1-2,13-14H2. The molecule has 1 amide bonds. The quantitative estimate of drug-likeness (QED) is 0.347. The molecular formula is C22H19FN4O4. The largest absolute Gasteiger partial charge is 0.339 e. The molecule has 31 heavy (non-hydrogen) atoms. The second-order valence-corrected chi connectivity index (χ2v) is 7.27. The number of halogens is 1. The first-order valence-corrected chi connectivity index (χ1v) is 9.80. The van der Waals surface area contributed by atoms with Crippen molar-refractivity contribution in [1.82, 2.24) is 15.0 Å². The molecule has 4 rings (SSSR count). The Hall–Kier alpha value is -3.88. The molecule has 0 saturated carbocycles. The lowest BCUT2D eigenvalue weighted by Crippen LogP contribution is -2.38. The first kappa shape index (κ1) is 20.4. The van der Waals surface area contributed by atoms with Crippen LogP contribution in [-0.2, 0) is 4.79 Å². The second-order valence-electron chi connectivity index (χ2n) is 7.27. The van der Waals surface area contributed by atoms with E-state index in [1.165, 1.54) is 30.3 Å². The van der Waals surface area contributed by atoms with E-state index < -0.39 is 4.92 Å². The predicted molar refractivity (Wildman–Crippen MR) is 110 cm³/mol. The number of nitro benzene ring substituents is 1. The molecule has 1 aliphatic heterocycles. The Bertz CT molecular complexity index is 1110. The van der Waals surface area contributed by atoms with Crippen molar-refractivity contribution in [3.63, 3.8) is 0 Å². The van der Waals surface area contributed by atoms with Crippen LogP contribution in [0.15, 0.2) is 59.1 Å². The van der Waals surface area contributed by atoms with Gasteiger partial charge in [-0.25, -0.2) is 4.39 Å². The van der Waals surface area contributed by atoms with Crippen LogP contribution in [0.3, 0.4) is 0 Å². The molecule has 3 aromatic rings. The van der Waals surface area contributed by atoms with Gasteiger partial charge in [0, 0.05) is 36.9 Å². The zero-order valence-corrected chi connectivity index (χ0v) is 16.5. The predicted octanol–water partition coefficient (Wildman–Crippen LogP) is 4.20. The summed E-state index contributed by atoms with van der Waals surface area (Å²) in [5, 5.41) is 14.7. The van der Waals surface area contributed by atoms with Gasteiger partial charge >= 0.3 is 0 Å². The fourth-order valence-electron chi connectivity index (χ4n) is 3.48. The molecule has 0 N–H and O–H groups in total. The summed E-state index contributed by atoms with van der Waals surface area (Å²) < 4.78 is 18.5. The van der Waals surface area contributed by atoms with Crippen molar-refractivity contribution in [3.8, 4) is 11.4 Å². The molecule has 1 fully saturated rings. The van der Waals surface area contributed by atoms with E-state index in [1.54, 1.807) is 35.2 Å². The second kappa shape index (κ2) is 8.86. The summed E-state index contributed by atoms with van der Waals surface area (Å²) in [6.07, 6.45) is 4.72. The lowest BCUT2D eigenvalue weighted by Gasteiger charge is -2.30. The minimum absolute atomic E-state index is 0.00177. The Kier molecular flexibility index (Phi) is 5.83. The molecule has 1 aliphatic rings. The van der Waals surface area contributed by atoms with Gasteiger partial charge < -0.3 is 9.42 Å². The van der Waals surface area contributed by atoms with E-state index in [0.717, 1.165) is 12.8 Å². The van der Waals surface area contributed by atoms with E-state index >= 15 is 0 Å². The average molecular weight is 422 g/mol. The van der Waals surface area contributed by atoms with Crippen LogP contribution in [0.4, 0.5) is 10.1 Å². The molecule has 1 atom stereocenters. The number of nitro groups is 1. The van der Waals surface area contributed by atoms with Crippen molar-refractivity contribution in [1.29, 1.82) is 0 Å². The Balaban J connectivity index is 1.40. The lowest BCUT2D eigenvalue weighted by atomic mass is 9.98. The number of hydrogen-bond donors (Lipinski definition) is 0. The number of carbonyl (C=O) groups is 1.